The van der Waals surface area contributed by atoms with E-state index in [0.717, 1.165) is 44.4 Å². The first kappa shape index (κ1) is 13.6. The van der Waals surface area contributed by atoms with Crippen LogP contribution in [0.25, 0.3) is 0 Å². The molecule has 0 aliphatic carbocycles. The molecule has 2 aliphatic heterocycles. The second kappa shape index (κ2) is 6.39. The smallest absolute Gasteiger partial charge is 0.134 e. The highest BCUT2D eigenvalue weighted by atomic mass is 15.2. The van der Waals surface area contributed by atoms with E-state index >= 15 is 0 Å². The van der Waals surface area contributed by atoms with E-state index in [1.807, 2.05) is 0 Å². The zero-order valence-corrected chi connectivity index (χ0v) is 12.2. The zero-order chi connectivity index (χ0) is 13.8. The molecule has 0 bridgehead atoms. The van der Waals surface area contributed by atoms with E-state index in [1.54, 1.807) is 6.33 Å². The molecule has 1 aromatic rings. The molecule has 110 valence electrons. The van der Waals surface area contributed by atoms with Crippen LogP contribution in [0.5, 0.6) is 0 Å². The highest BCUT2D eigenvalue weighted by molar-refractivity contribution is 5.50. The van der Waals surface area contributed by atoms with Gasteiger partial charge in [0.1, 0.15) is 18.0 Å². The van der Waals surface area contributed by atoms with Gasteiger partial charge < -0.3 is 15.5 Å². The maximum Gasteiger partial charge on any atom is 0.134 e. The first-order valence-electron chi connectivity index (χ1n) is 7.89. The van der Waals surface area contributed by atoms with Crippen LogP contribution in [-0.4, -0.2) is 42.7 Å². The number of nitrogens with two attached hydrogens (primary N) is 1. The van der Waals surface area contributed by atoms with E-state index in [4.69, 9.17) is 5.73 Å². The van der Waals surface area contributed by atoms with Gasteiger partial charge in [-0.15, -0.1) is 0 Å². The first-order valence-corrected chi connectivity index (χ1v) is 7.89. The van der Waals surface area contributed by atoms with Gasteiger partial charge in [0, 0.05) is 32.2 Å². The summed E-state index contributed by atoms with van der Waals surface area (Å²) in [4.78, 5) is 13.7. The van der Waals surface area contributed by atoms with Crippen LogP contribution < -0.4 is 15.5 Å². The third-order valence-corrected chi connectivity index (χ3v) is 4.59. The van der Waals surface area contributed by atoms with Gasteiger partial charge in [0.15, 0.2) is 0 Å². The Kier molecular flexibility index (Phi) is 4.35. The lowest BCUT2D eigenvalue weighted by Gasteiger charge is -2.33. The Morgan fingerprint density at radius 2 is 1.55 bits per heavy atom. The normalized spacial score (nSPS) is 21.2. The van der Waals surface area contributed by atoms with Gasteiger partial charge in [-0.1, -0.05) is 0 Å². The summed E-state index contributed by atoms with van der Waals surface area (Å²) in [6.07, 6.45) is 7.98. The van der Waals surface area contributed by atoms with Crippen LogP contribution in [0.4, 0.5) is 11.6 Å². The Labute approximate surface area is 121 Å². The second-order valence-corrected chi connectivity index (χ2v) is 5.95. The molecule has 0 amide bonds. The van der Waals surface area contributed by atoms with Crippen LogP contribution in [0.15, 0.2) is 12.4 Å². The van der Waals surface area contributed by atoms with Crippen molar-refractivity contribution in [2.75, 3.05) is 42.5 Å². The van der Waals surface area contributed by atoms with Crippen molar-refractivity contribution in [1.29, 1.82) is 0 Å². The van der Waals surface area contributed by atoms with Gasteiger partial charge in [-0.25, -0.2) is 9.97 Å². The molecule has 3 rings (SSSR count). The molecule has 5 nitrogen and oxygen atoms in total. The second-order valence-electron chi connectivity index (χ2n) is 5.95. The number of rotatable bonds is 3. The van der Waals surface area contributed by atoms with E-state index in [1.165, 1.54) is 32.1 Å². The summed E-state index contributed by atoms with van der Waals surface area (Å²) in [5, 5.41) is 0. The summed E-state index contributed by atoms with van der Waals surface area (Å²) < 4.78 is 0. The maximum atomic E-state index is 5.76. The molecule has 2 saturated heterocycles. The van der Waals surface area contributed by atoms with E-state index < -0.39 is 0 Å². The van der Waals surface area contributed by atoms with E-state index in [-0.39, 0.29) is 0 Å². The lowest BCUT2D eigenvalue weighted by Crippen LogP contribution is -2.37. The summed E-state index contributed by atoms with van der Waals surface area (Å²) in [5.41, 5.74) is 5.76. The molecule has 0 atom stereocenters. The predicted molar refractivity (Wildman–Crippen MR) is 82.1 cm³/mol. The molecule has 0 radical (unpaired) electrons. The number of nitrogens with zero attached hydrogens (tertiary/aromatic N) is 4. The average molecular weight is 275 g/mol. The largest absolute Gasteiger partial charge is 0.356 e. The van der Waals surface area contributed by atoms with Crippen molar-refractivity contribution in [1.82, 2.24) is 9.97 Å². The molecule has 0 saturated carbocycles. The Morgan fingerprint density at radius 3 is 2.15 bits per heavy atom. The Hall–Kier alpha value is -1.36. The highest BCUT2D eigenvalue weighted by Crippen LogP contribution is 2.24. The molecule has 2 aliphatic rings. The van der Waals surface area contributed by atoms with Crippen LogP contribution in [0.3, 0.4) is 0 Å². The van der Waals surface area contributed by atoms with E-state index in [2.05, 4.69) is 25.8 Å². The third-order valence-electron chi connectivity index (χ3n) is 4.59. The van der Waals surface area contributed by atoms with Gasteiger partial charge in [-0.3, -0.25) is 0 Å². The van der Waals surface area contributed by atoms with Gasteiger partial charge in [0.25, 0.3) is 0 Å². The Bertz CT molecular complexity index is 422. The van der Waals surface area contributed by atoms with Crippen molar-refractivity contribution >= 4 is 11.6 Å². The summed E-state index contributed by atoms with van der Waals surface area (Å²) in [6, 6.07) is 2.16. The molecule has 0 spiro atoms. The molecular weight excluding hydrogens is 250 g/mol. The minimum Gasteiger partial charge on any atom is -0.356 e. The van der Waals surface area contributed by atoms with Crippen molar-refractivity contribution in [3.8, 4) is 0 Å². The topological polar surface area (TPSA) is 58.3 Å². The van der Waals surface area contributed by atoms with Gasteiger partial charge >= 0.3 is 0 Å². The van der Waals surface area contributed by atoms with Crippen molar-refractivity contribution in [2.45, 2.75) is 32.1 Å². The van der Waals surface area contributed by atoms with E-state index in [9.17, 15) is 0 Å². The van der Waals surface area contributed by atoms with Crippen LogP contribution in [-0.2, 0) is 0 Å². The number of hydrogen-bond donors (Lipinski definition) is 1. The SMILES string of the molecule is NCC1CCN(c2cc(N3CCCCC3)ncn2)CC1. The summed E-state index contributed by atoms with van der Waals surface area (Å²) in [7, 11) is 0. The van der Waals surface area contributed by atoms with Crippen LogP contribution in [0.2, 0.25) is 0 Å². The predicted octanol–water partition coefficient (Wildman–Crippen LogP) is 1.64. The van der Waals surface area contributed by atoms with Gasteiger partial charge in [0.05, 0.1) is 0 Å². The minimum absolute atomic E-state index is 0.689. The zero-order valence-electron chi connectivity index (χ0n) is 12.2. The van der Waals surface area contributed by atoms with Crippen LogP contribution in [0.1, 0.15) is 32.1 Å². The van der Waals surface area contributed by atoms with Crippen molar-refractivity contribution in [3.05, 3.63) is 12.4 Å². The molecule has 20 heavy (non-hydrogen) atoms. The molecule has 2 fully saturated rings. The molecule has 0 aromatic carbocycles. The molecule has 1 aromatic heterocycles. The van der Waals surface area contributed by atoms with Gasteiger partial charge in [0.2, 0.25) is 0 Å². The summed E-state index contributed by atoms with van der Waals surface area (Å²) in [5.74, 6) is 2.86. The number of aromatic nitrogens is 2. The Balaban J connectivity index is 1.68. The fraction of sp³-hybridized carbons (Fsp3) is 0.733. The number of anilines is 2. The lowest BCUT2D eigenvalue weighted by atomic mass is 9.97. The minimum atomic E-state index is 0.689. The number of hydrogen-bond acceptors (Lipinski definition) is 5. The lowest BCUT2D eigenvalue weighted by molar-refractivity contribution is 0.413. The highest BCUT2D eigenvalue weighted by Gasteiger charge is 2.20. The molecular formula is C15H25N5. The van der Waals surface area contributed by atoms with Crippen LogP contribution in [0, 0.1) is 5.92 Å². The molecule has 5 heteroatoms. The van der Waals surface area contributed by atoms with Gasteiger partial charge in [-0.2, -0.15) is 0 Å². The quantitative estimate of drug-likeness (QED) is 0.909. The summed E-state index contributed by atoms with van der Waals surface area (Å²) >= 11 is 0. The standard InChI is InChI=1S/C15H25N5/c16-11-13-4-8-20(9-5-13)15-10-14(17-12-18-15)19-6-2-1-3-7-19/h10,12-13H,1-9,11,16H2. The van der Waals surface area contributed by atoms with Crippen molar-refractivity contribution in [3.63, 3.8) is 0 Å². The van der Waals surface area contributed by atoms with Crippen LogP contribution >= 0.6 is 0 Å². The first-order chi connectivity index (χ1) is 9.86. The van der Waals surface area contributed by atoms with Crippen molar-refractivity contribution < 1.29 is 0 Å². The monoisotopic (exact) mass is 275 g/mol. The summed E-state index contributed by atoms with van der Waals surface area (Å²) in [6.45, 7) is 5.21. The molecule has 3 heterocycles. The fourth-order valence-electron chi connectivity index (χ4n) is 3.20. The third kappa shape index (κ3) is 3.03. The number of piperidine rings is 2. The fourth-order valence-corrected chi connectivity index (χ4v) is 3.20. The Morgan fingerprint density at radius 1 is 0.950 bits per heavy atom. The molecule has 0 unspecified atom stereocenters. The van der Waals surface area contributed by atoms with Gasteiger partial charge in [-0.05, 0) is 44.6 Å². The maximum absolute atomic E-state index is 5.76. The average Bonchev–Trinajstić information content (AvgIpc) is 2.56. The van der Waals surface area contributed by atoms with E-state index in [0.29, 0.717) is 5.92 Å². The molecule has 2 N–H and O–H groups in total. The van der Waals surface area contributed by atoms with Crippen molar-refractivity contribution in [2.24, 2.45) is 11.7 Å².